The standard InChI is InChI=1S/C14H22N2O2/c1-11(15)12-3-5-13(6-4-12)18-10-14-9-16(2)7-8-17-14/h3-6,11,14H,7-10,15H2,1-2H3. The van der Waals surface area contributed by atoms with Gasteiger partial charge >= 0.3 is 0 Å². The Balaban J connectivity index is 1.82. The van der Waals surface area contributed by atoms with Crippen LogP contribution in [0.4, 0.5) is 0 Å². The molecule has 2 unspecified atom stereocenters. The maximum Gasteiger partial charge on any atom is 0.119 e. The molecule has 1 aliphatic heterocycles. The average molecular weight is 250 g/mol. The number of benzene rings is 1. The third kappa shape index (κ3) is 3.70. The zero-order chi connectivity index (χ0) is 13.0. The van der Waals surface area contributed by atoms with Crippen LogP contribution in [0.15, 0.2) is 24.3 Å². The minimum absolute atomic E-state index is 0.0642. The van der Waals surface area contributed by atoms with Gasteiger partial charge in [-0.05, 0) is 31.7 Å². The Morgan fingerprint density at radius 3 is 2.78 bits per heavy atom. The van der Waals surface area contributed by atoms with E-state index in [0.29, 0.717) is 6.61 Å². The van der Waals surface area contributed by atoms with Crippen molar-refractivity contribution < 1.29 is 9.47 Å². The zero-order valence-corrected chi connectivity index (χ0v) is 11.1. The largest absolute Gasteiger partial charge is 0.491 e. The first-order valence-corrected chi connectivity index (χ1v) is 6.43. The average Bonchev–Trinajstić information content (AvgIpc) is 2.37. The van der Waals surface area contributed by atoms with Gasteiger partial charge < -0.3 is 20.1 Å². The molecule has 0 spiro atoms. The van der Waals surface area contributed by atoms with Crippen LogP contribution in [0.1, 0.15) is 18.5 Å². The van der Waals surface area contributed by atoms with Gasteiger partial charge in [0.15, 0.2) is 0 Å². The first kappa shape index (κ1) is 13.3. The van der Waals surface area contributed by atoms with Crippen LogP contribution in [-0.4, -0.2) is 44.4 Å². The number of morpholine rings is 1. The predicted molar refractivity (Wildman–Crippen MR) is 71.8 cm³/mol. The molecule has 1 heterocycles. The molecule has 0 aromatic heterocycles. The van der Waals surface area contributed by atoms with Crippen LogP contribution in [0.2, 0.25) is 0 Å². The second-order valence-corrected chi connectivity index (χ2v) is 4.92. The Bertz CT molecular complexity index is 365. The molecule has 0 radical (unpaired) electrons. The van der Waals surface area contributed by atoms with Gasteiger partial charge in [-0.15, -0.1) is 0 Å². The molecule has 1 aliphatic rings. The molecule has 1 aromatic carbocycles. The van der Waals surface area contributed by atoms with E-state index >= 15 is 0 Å². The van der Waals surface area contributed by atoms with Crippen LogP contribution in [0, 0.1) is 0 Å². The molecular formula is C14H22N2O2. The monoisotopic (exact) mass is 250 g/mol. The van der Waals surface area contributed by atoms with Crippen molar-refractivity contribution in [3.63, 3.8) is 0 Å². The highest BCUT2D eigenvalue weighted by molar-refractivity contribution is 5.28. The fourth-order valence-electron chi connectivity index (χ4n) is 2.02. The number of nitrogens with zero attached hydrogens (tertiary/aromatic N) is 1. The lowest BCUT2D eigenvalue weighted by Crippen LogP contribution is -2.42. The van der Waals surface area contributed by atoms with Crippen molar-refractivity contribution in [3.05, 3.63) is 29.8 Å². The molecule has 2 rings (SSSR count). The summed E-state index contributed by atoms with van der Waals surface area (Å²) in [7, 11) is 2.10. The van der Waals surface area contributed by atoms with Gasteiger partial charge in [0, 0.05) is 19.1 Å². The van der Waals surface area contributed by atoms with Crippen molar-refractivity contribution in [2.75, 3.05) is 33.4 Å². The van der Waals surface area contributed by atoms with Crippen LogP contribution in [0.3, 0.4) is 0 Å². The van der Waals surface area contributed by atoms with Crippen LogP contribution < -0.4 is 10.5 Å². The van der Waals surface area contributed by atoms with Gasteiger partial charge in [-0.3, -0.25) is 0 Å². The van der Waals surface area contributed by atoms with E-state index in [1.54, 1.807) is 0 Å². The predicted octanol–water partition coefficient (Wildman–Crippen LogP) is 1.42. The topological polar surface area (TPSA) is 47.7 Å². The first-order chi connectivity index (χ1) is 8.65. The smallest absolute Gasteiger partial charge is 0.119 e. The fourth-order valence-corrected chi connectivity index (χ4v) is 2.02. The second kappa shape index (κ2) is 6.18. The van der Waals surface area contributed by atoms with Gasteiger partial charge in [0.25, 0.3) is 0 Å². The van der Waals surface area contributed by atoms with Gasteiger partial charge in [-0.2, -0.15) is 0 Å². The third-order valence-corrected chi connectivity index (χ3v) is 3.18. The molecular weight excluding hydrogens is 228 g/mol. The summed E-state index contributed by atoms with van der Waals surface area (Å²) in [6, 6.07) is 8.01. The molecule has 1 fully saturated rings. The van der Waals surface area contributed by atoms with E-state index < -0.39 is 0 Å². The van der Waals surface area contributed by atoms with Crippen molar-refractivity contribution >= 4 is 0 Å². The summed E-state index contributed by atoms with van der Waals surface area (Å²) in [5.74, 6) is 0.872. The molecule has 18 heavy (non-hydrogen) atoms. The summed E-state index contributed by atoms with van der Waals surface area (Å²) in [6.07, 6.45) is 0.164. The van der Waals surface area contributed by atoms with Crippen molar-refractivity contribution in [2.24, 2.45) is 5.73 Å². The van der Waals surface area contributed by atoms with Crippen molar-refractivity contribution in [2.45, 2.75) is 19.1 Å². The quantitative estimate of drug-likeness (QED) is 0.878. The molecule has 2 N–H and O–H groups in total. The van der Waals surface area contributed by atoms with Crippen molar-refractivity contribution in [1.82, 2.24) is 4.90 Å². The van der Waals surface area contributed by atoms with E-state index in [1.165, 1.54) is 0 Å². The molecule has 0 amide bonds. The van der Waals surface area contributed by atoms with Crippen LogP contribution >= 0.6 is 0 Å². The molecule has 4 heteroatoms. The molecule has 0 aliphatic carbocycles. The summed E-state index contributed by atoms with van der Waals surface area (Å²) >= 11 is 0. The van der Waals surface area contributed by atoms with Crippen molar-refractivity contribution in [1.29, 1.82) is 0 Å². The SMILES string of the molecule is CC(N)c1ccc(OCC2CN(C)CCO2)cc1. The first-order valence-electron chi connectivity index (χ1n) is 6.43. The second-order valence-electron chi connectivity index (χ2n) is 4.92. The molecule has 100 valence electrons. The molecule has 1 saturated heterocycles. The number of rotatable bonds is 4. The van der Waals surface area contributed by atoms with Gasteiger partial charge in [0.2, 0.25) is 0 Å². The highest BCUT2D eigenvalue weighted by Crippen LogP contribution is 2.16. The maximum atomic E-state index is 5.80. The van der Waals surface area contributed by atoms with Gasteiger partial charge in [-0.25, -0.2) is 0 Å². The Kier molecular flexibility index (Phi) is 4.58. The molecule has 0 saturated carbocycles. The van der Waals surface area contributed by atoms with Gasteiger partial charge in [0.05, 0.1) is 6.61 Å². The van der Waals surface area contributed by atoms with Crippen LogP contribution in [0.25, 0.3) is 0 Å². The van der Waals surface area contributed by atoms with E-state index in [-0.39, 0.29) is 12.1 Å². The summed E-state index contributed by atoms with van der Waals surface area (Å²) < 4.78 is 11.4. The number of hydrogen-bond acceptors (Lipinski definition) is 4. The Morgan fingerprint density at radius 1 is 1.44 bits per heavy atom. The number of hydrogen-bond donors (Lipinski definition) is 1. The zero-order valence-electron chi connectivity index (χ0n) is 11.1. The highest BCUT2D eigenvalue weighted by atomic mass is 16.5. The Hall–Kier alpha value is -1.10. The van der Waals surface area contributed by atoms with E-state index in [1.807, 2.05) is 31.2 Å². The summed E-state index contributed by atoms with van der Waals surface area (Å²) in [5, 5.41) is 0. The third-order valence-electron chi connectivity index (χ3n) is 3.18. The Morgan fingerprint density at radius 2 is 2.17 bits per heavy atom. The lowest BCUT2D eigenvalue weighted by Gasteiger charge is -2.29. The Labute approximate surface area is 109 Å². The maximum absolute atomic E-state index is 5.80. The minimum Gasteiger partial charge on any atom is -0.491 e. The molecule has 4 nitrogen and oxygen atoms in total. The summed E-state index contributed by atoms with van der Waals surface area (Å²) in [6.45, 7) is 5.29. The molecule has 1 aromatic rings. The van der Waals surface area contributed by atoms with Gasteiger partial charge in [-0.1, -0.05) is 12.1 Å². The molecule has 0 bridgehead atoms. The normalized spacial score (nSPS) is 22.7. The lowest BCUT2D eigenvalue weighted by atomic mass is 10.1. The fraction of sp³-hybridized carbons (Fsp3) is 0.571. The van der Waals surface area contributed by atoms with E-state index in [4.69, 9.17) is 15.2 Å². The number of likely N-dealkylation sites (N-methyl/N-ethyl adjacent to an activating group) is 1. The summed E-state index contributed by atoms with van der Waals surface area (Å²) in [5.41, 5.74) is 6.92. The van der Waals surface area contributed by atoms with E-state index in [9.17, 15) is 0 Å². The number of ether oxygens (including phenoxy) is 2. The lowest BCUT2D eigenvalue weighted by molar-refractivity contribution is -0.0403. The van der Waals surface area contributed by atoms with Gasteiger partial charge in [0.1, 0.15) is 18.5 Å². The van der Waals surface area contributed by atoms with E-state index in [0.717, 1.165) is 31.0 Å². The highest BCUT2D eigenvalue weighted by Gasteiger charge is 2.18. The number of nitrogens with two attached hydrogens (primary N) is 1. The molecule has 2 atom stereocenters. The van der Waals surface area contributed by atoms with Crippen molar-refractivity contribution in [3.8, 4) is 5.75 Å². The van der Waals surface area contributed by atoms with Crippen LogP contribution in [0.5, 0.6) is 5.75 Å². The summed E-state index contributed by atoms with van der Waals surface area (Å²) in [4.78, 5) is 2.26. The van der Waals surface area contributed by atoms with E-state index in [2.05, 4.69) is 11.9 Å². The van der Waals surface area contributed by atoms with Crippen LogP contribution in [-0.2, 0) is 4.74 Å². The minimum atomic E-state index is 0.0642.